The Hall–Kier alpha value is -0.810. The predicted molar refractivity (Wildman–Crippen MR) is 73.1 cm³/mol. The molecule has 0 spiro atoms. The van der Waals surface area contributed by atoms with Crippen LogP contribution >= 0.6 is 27.3 Å². The zero-order chi connectivity index (χ0) is 13.9. The molecule has 2 heterocycles. The molecular weight excluding hydrogens is 356 g/mol. The van der Waals surface area contributed by atoms with Gasteiger partial charge in [0.2, 0.25) is 16.4 Å². The highest BCUT2D eigenvalue weighted by Gasteiger charge is 2.21. The van der Waals surface area contributed by atoms with Crippen LogP contribution in [0.25, 0.3) is 0 Å². The molecule has 0 bridgehead atoms. The number of rotatable bonds is 6. The number of nitrogens with one attached hydrogen (secondary N) is 2. The zero-order valence-electron chi connectivity index (χ0n) is 9.88. The standard InChI is InChI=1S/C9H11BrN4O3S2/c1-11-3-6-2-7(9(10)18-6)19(15,16)13-4-8-12-5-17-14-8/h2,5,11,13H,3-4H2,1H3. The lowest BCUT2D eigenvalue weighted by atomic mass is 10.5. The van der Waals surface area contributed by atoms with Gasteiger partial charge in [-0.05, 0) is 29.0 Å². The third-order valence-electron chi connectivity index (χ3n) is 2.17. The number of halogens is 1. The van der Waals surface area contributed by atoms with Crippen LogP contribution in [0.2, 0.25) is 0 Å². The lowest BCUT2D eigenvalue weighted by molar-refractivity contribution is 0.409. The molecule has 2 aromatic rings. The van der Waals surface area contributed by atoms with Gasteiger partial charge in [-0.1, -0.05) is 5.16 Å². The summed E-state index contributed by atoms with van der Waals surface area (Å²) in [6, 6.07) is 1.63. The lowest BCUT2D eigenvalue weighted by Crippen LogP contribution is -2.23. The smallest absolute Gasteiger partial charge is 0.242 e. The van der Waals surface area contributed by atoms with Crippen molar-refractivity contribution in [3.63, 3.8) is 0 Å². The Labute approximate surface area is 122 Å². The Kier molecular flexibility index (Phi) is 4.68. The van der Waals surface area contributed by atoms with E-state index in [4.69, 9.17) is 0 Å². The summed E-state index contributed by atoms with van der Waals surface area (Å²) in [6.45, 7) is 0.603. The van der Waals surface area contributed by atoms with Gasteiger partial charge in [0.25, 0.3) is 0 Å². The SMILES string of the molecule is CNCc1cc(S(=O)(=O)NCc2ncon2)c(Br)s1. The maximum absolute atomic E-state index is 12.1. The summed E-state index contributed by atoms with van der Waals surface area (Å²) in [5.74, 6) is 0.283. The van der Waals surface area contributed by atoms with Crippen molar-refractivity contribution in [2.45, 2.75) is 18.0 Å². The van der Waals surface area contributed by atoms with Gasteiger partial charge in [-0.15, -0.1) is 11.3 Å². The molecule has 0 aromatic carbocycles. The zero-order valence-corrected chi connectivity index (χ0v) is 13.1. The molecule has 104 valence electrons. The fraction of sp³-hybridized carbons (Fsp3) is 0.333. The van der Waals surface area contributed by atoms with Gasteiger partial charge in [-0.2, -0.15) is 4.98 Å². The number of sulfonamides is 1. The minimum atomic E-state index is -3.60. The van der Waals surface area contributed by atoms with Crippen LogP contribution < -0.4 is 10.0 Å². The van der Waals surface area contributed by atoms with E-state index >= 15 is 0 Å². The largest absolute Gasteiger partial charge is 0.343 e. The highest BCUT2D eigenvalue weighted by molar-refractivity contribution is 9.11. The molecule has 19 heavy (non-hydrogen) atoms. The van der Waals surface area contributed by atoms with Crippen LogP contribution in [0.5, 0.6) is 0 Å². The number of aromatic nitrogens is 2. The fourth-order valence-electron chi connectivity index (χ4n) is 1.35. The molecule has 0 aliphatic rings. The summed E-state index contributed by atoms with van der Waals surface area (Å²) in [6.07, 6.45) is 1.15. The van der Waals surface area contributed by atoms with E-state index in [0.29, 0.717) is 10.3 Å². The first-order valence-corrected chi connectivity index (χ1v) is 8.30. The summed E-state index contributed by atoms with van der Waals surface area (Å²) in [5, 5.41) is 6.51. The van der Waals surface area contributed by atoms with Crippen molar-refractivity contribution >= 4 is 37.3 Å². The third kappa shape index (κ3) is 3.60. The van der Waals surface area contributed by atoms with Gasteiger partial charge in [-0.25, -0.2) is 13.1 Å². The van der Waals surface area contributed by atoms with Crippen LogP contribution in [0.4, 0.5) is 0 Å². The minimum absolute atomic E-state index is 0.0114. The Morgan fingerprint density at radius 3 is 2.89 bits per heavy atom. The molecule has 2 aromatic heterocycles. The minimum Gasteiger partial charge on any atom is -0.343 e. The highest BCUT2D eigenvalue weighted by Crippen LogP contribution is 2.31. The van der Waals surface area contributed by atoms with Gasteiger partial charge in [0, 0.05) is 11.4 Å². The second-order valence-corrected chi connectivity index (χ2v) is 7.74. The summed E-state index contributed by atoms with van der Waals surface area (Å²) in [4.78, 5) is 4.89. The molecule has 0 atom stereocenters. The molecule has 0 saturated carbocycles. The van der Waals surface area contributed by atoms with Gasteiger partial charge in [0.1, 0.15) is 4.90 Å². The van der Waals surface area contributed by atoms with Crippen molar-refractivity contribution in [2.24, 2.45) is 0 Å². The first-order chi connectivity index (χ1) is 9.03. The Bertz CT molecular complexity index is 638. The summed E-state index contributed by atoms with van der Waals surface area (Å²) in [5.41, 5.74) is 0. The van der Waals surface area contributed by atoms with Gasteiger partial charge >= 0.3 is 0 Å². The van der Waals surface area contributed by atoms with E-state index in [0.717, 1.165) is 11.3 Å². The van der Waals surface area contributed by atoms with Crippen molar-refractivity contribution in [2.75, 3.05) is 7.05 Å². The van der Waals surface area contributed by atoms with Crippen molar-refractivity contribution in [1.29, 1.82) is 0 Å². The molecule has 10 heteroatoms. The van der Waals surface area contributed by atoms with E-state index in [2.05, 4.69) is 40.6 Å². The van der Waals surface area contributed by atoms with Crippen molar-refractivity contribution in [3.8, 4) is 0 Å². The molecule has 0 unspecified atom stereocenters. The number of hydrogen-bond acceptors (Lipinski definition) is 7. The molecule has 0 aliphatic heterocycles. The number of nitrogens with zero attached hydrogens (tertiary/aromatic N) is 2. The molecule has 0 amide bonds. The molecular formula is C9H11BrN4O3S2. The Balaban J connectivity index is 2.14. The second kappa shape index (κ2) is 6.09. The molecule has 7 nitrogen and oxygen atoms in total. The van der Waals surface area contributed by atoms with Crippen LogP contribution in [-0.2, 0) is 23.1 Å². The first-order valence-electron chi connectivity index (χ1n) is 5.20. The quantitative estimate of drug-likeness (QED) is 0.794. The fourth-order valence-corrected chi connectivity index (χ4v) is 5.02. The third-order valence-corrected chi connectivity index (χ3v) is 5.83. The van der Waals surface area contributed by atoms with E-state index in [9.17, 15) is 8.42 Å². The topological polar surface area (TPSA) is 97.1 Å². The lowest BCUT2D eigenvalue weighted by Gasteiger charge is -2.02. The second-order valence-electron chi connectivity index (χ2n) is 3.55. The monoisotopic (exact) mass is 366 g/mol. The molecule has 0 saturated heterocycles. The molecule has 2 rings (SSSR count). The predicted octanol–water partition coefficient (Wildman–Crippen LogP) is 1.09. The van der Waals surface area contributed by atoms with E-state index in [1.807, 2.05) is 0 Å². The summed E-state index contributed by atoms with van der Waals surface area (Å²) in [7, 11) is -1.80. The summed E-state index contributed by atoms with van der Waals surface area (Å²) >= 11 is 4.64. The van der Waals surface area contributed by atoms with Gasteiger partial charge in [0.15, 0.2) is 5.82 Å². The molecule has 0 fully saturated rings. The van der Waals surface area contributed by atoms with Crippen molar-refractivity contribution < 1.29 is 12.9 Å². The Morgan fingerprint density at radius 1 is 1.47 bits per heavy atom. The van der Waals surface area contributed by atoms with Crippen molar-refractivity contribution in [3.05, 3.63) is 26.9 Å². The van der Waals surface area contributed by atoms with Gasteiger partial charge < -0.3 is 9.84 Å². The maximum Gasteiger partial charge on any atom is 0.242 e. The van der Waals surface area contributed by atoms with Crippen molar-refractivity contribution in [1.82, 2.24) is 20.2 Å². The van der Waals surface area contributed by atoms with E-state index in [1.54, 1.807) is 13.1 Å². The first kappa shape index (κ1) is 14.6. The molecule has 0 radical (unpaired) electrons. The number of hydrogen-bond donors (Lipinski definition) is 2. The maximum atomic E-state index is 12.1. The van der Waals surface area contributed by atoms with Crippen LogP contribution in [-0.4, -0.2) is 25.6 Å². The average Bonchev–Trinajstić information content (AvgIpc) is 2.97. The van der Waals surface area contributed by atoms with Crippen LogP contribution in [0, 0.1) is 0 Å². The molecule has 2 N–H and O–H groups in total. The molecule has 0 aliphatic carbocycles. The van der Waals surface area contributed by atoms with Crippen LogP contribution in [0.15, 0.2) is 25.7 Å². The Morgan fingerprint density at radius 2 is 2.26 bits per heavy atom. The highest BCUT2D eigenvalue weighted by atomic mass is 79.9. The van der Waals surface area contributed by atoms with Crippen LogP contribution in [0.3, 0.4) is 0 Å². The normalized spacial score (nSPS) is 11.9. The summed E-state index contributed by atoms with van der Waals surface area (Å²) < 4.78 is 31.8. The van der Waals surface area contributed by atoms with Crippen LogP contribution in [0.1, 0.15) is 10.7 Å². The van der Waals surface area contributed by atoms with E-state index in [1.165, 1.54) is 11.3 Å². The van der Waals surface area contributed by atoms with E-state index in [-0.39, 0.29) is 17.3 Å². The van der Waals surface area contributed by atoms with Gasteiger partial charge in [0.05, 0.1) is 10.3 Å². The number of thiophene rings is 1. The van der Waals surface area contributed by atoms with E-state index < -0.39 is 10.0 Å². The van der Waals surface area contributed by atoms with Gasteiger partial charge in [-0.3, -0.25) is 0 Å². The average molecular weight is 367 g/mol.